The molecule has 0 radical (unpaired) electrons. The molecule has 0 aliphatic carbocycles. The molecule has 0 atom stereocenters. The molecule has 1 aromatic rings. The van der Waals surface area contributed by atoms with Crippen molar-refractivity contribution in [1.82, 2.24) is 0 Å². The first-order chi connectivity index (χ1) is 8.24. The van der Waals surface area contributed by atoms with Gasteiger partial charge in [-0.05, 0) is 55.6 Å². The summed E-state index contributed by atoms with van der Waals surface area (Å²) in [5.74, 6) is 2.10. The fourth-order valence-corrected chi connectivity index (χ4v) is 1.77. The van der Waals surface area contributed by atoms with Gasteiger partial charge in [0.25, 0.3) is 0 Å². The van der Waals surface area contributed by atoms with Crippen LogP contribution in [0.4, 0.5) is 0 Å². The van der Waals surface area contributed by atoms with Crippen molar-refractivity contribution in [2.75, 3.05) is 27.3 Å². The number of rotatable bonds is 7. The molecule has 1 rings (SSSR count). The summed E-state index contributed by atoms with van der Waals surface area (Å²) in [5, 5.41) is 0. The van der Waals surface area contributed by atoms with Gasteiger partial charge < -0.3 is 20.9 Å². The molecule has 0 amide bonds. The van der Waals surface area contributed by atoms with E-state index in [4.69, 9.17) is 20.9 Å². The number of aryl methyl sites for hydroxylation is 1. The van der Waals surface area contributed by atoms with Crippen LogP contribution in [-0.4, -0.2) is 27.3 Å². The lowest BCUT2D eigenvalue weighted by molar-refractivity contribution is 0.396. The van der Waals surface area contributed by atoms with Crippen molar-refractivity contribution in [3.63, 3.8) is 0 Å². The second-order valence-electron chi connectivity index (χ2n) is 4.05. The molecular formula is C13H22N2O2. The van der Waals surface area contributed by atoms with Crippen molar-refractivity contribution in [3.05, 3.63) is 23.8 Å². The van der Waals surface area contributed by atoms with Gasteiger partial charge in [-0.25, -0.2) is 0 Å². The zero-order valence-corrected chi connectivity index (χ0v) is 10.6. The van der Waals surface area contributed by atoms with E-state index in [2.05, 4.69) is 0 Å². The molecule has 17 heavy (non-hydrogen) atoms. The highest BCUT2D eigenvalue weighted by Gasteiger charge is 2.09. The molecule has 0 heterocycles. The monoisotopic (exact) mass is 238 g/mol. The van der Waals surface area contributed by atoms with Crippen molar-refractivity contribution >= 4 is 0 Å². The van der Waals surface area contributed by atoms with Crippen LogP contribution in [0.1, 0.15) is 12.0 Å². The SMILES string of the molecule is COc1ccc(OC)c(CCC(CN)CN)c1. The fourth-order valence-electron chi connectivity index (χ4n) is 1.77. The molecule has 4 N–H and O–H groups in total. The Labute approximate surface area is 103 Å². The minimum atomic E-state index is 0.367. The Morgan fingerprint density at radius 2 is 1.82 bits per heavy atom. The van der Waals surface area contributed by atoms with E-state index in [1.54, 1.807) is 14.2 Å². The molecule has 1 aromatic carbocycles. The van der Waals surface area contributed by atoms with Gasteiger partial charge in [-0.15, -0.1) is 0 Å². The maximum absolute atomic E-state index is 5.64. The van der Waals surface area contributed by atoms with E-state index in [1.165, 1.54) is 0 Å². The van der Waals surface area contributed by atoms with Gasteiger partial charge in [0.15, 0.2) is 0 Å². The average Bonchev–Trinajstić information content (AvgIpc) is 2.39. The number of methoxy groups -OCH3 is 2. The molecular weight excluding hydrogens is 216 g/mol. The number of nitrogens with two attached hydrogens (primary N) is 2. The molecule has 0 aliphatic heterocycles. The quantitative estimate of drug-likeness (QED) is 0.748. The lowest BCUT2D eigenvalue weighted by atomic mass is 9.99. The number of benzene rings is 1. The predicted octanol–water partition coefficient (Wildman–Crippen LogP) is 1.17. The molecule has 0 saturated carbocycles. The molecule has 0 unspecified atom stereocenters. The van der Waals surface area contributed by atoms with E-state index in [0.29, 0.717) is 19.0 Å². The lowest BCUT2D eigenvalue weighted by Gasteiger charge is -2.14. The van der Waals surface area contributed by atoms with E-state index in [1.807, 2.05) is 18.2 Å². The highest BCUT2D eigenvalue weighted by Crippen LogP contribution is 2.25. The summed E-state index contributed by atoms with van der Waals surface area (Å²) >= 11 is 0. The molecule has 4 heteroatoms. The van der Waals surface area contributed by atoms with Gasteiger partial charge in [0.05, 0.1) is 14.2 Å². The van der Waals surface area contributed by atoms with Crippen LogP contribution in [0.3, 0.4) is 0 Å². The van der Waals surface area contributed by atoms with Crippen LogP contribution in [0, 0.1) is 5.92 Å². The van der Waals surface area contributed by atoms with Crippen LogP contribution in [0.15, 0.2) is 18.2 Å². The Morgan fingerprint density at radius 1 is 1.12 bits per heavy atom. The standard InChI is InChI=1S/C13H22N2O2/c1-16-12-5-6-13(17-2)11(7-12)4-3-10(8-14)9-15/h5-7,10H,3-4,8-9,14-15H2,1-2H3. The van der Waals surface area contributed by atoms with Crippen molar-refractivity contribution in [1.29, 1.82) is 0 Å². The summed E-state index contributed by atoms with van der Waals surface area (Å²) in [6, 6.07) is 5.82. The van der Waals surface area contributed by atoms with Gasteiger partial charge in [-0.1, -0.05) is 0 Å². The third-order valence-electron chi connectivity index (χ3n) is 2.98. The first kappa shape index (κ1) is 13.8. The van der Waals surface area contributed by atoms with Gasteiger partial charge >= 0.3 is 0 Å². The molecule has 0 aliphatic rings. The molecule has 0 aromatic heterocycles. The van der Waals surface area contributed by atoms with E-state index < -0.39 is 0 Å². The Morgan fingerprint density at radius 3 is 2.35 bits per heavy atom. The first-order valence-corrected chi connectivity index (χ1v) is 5.86. The molecule has 0 bridgehead atoms. The highest BCUT2D eigenvalue weighted by molar-refractivity contribution is 5.40. The first-order valence-electron chi connectivity index (χ1n) is 5.86. The van der Waals surface area contributed by atoms with Gasteiger partial charge in [0.1, 0.15) is 11.5 Å². The van der Waals surface area contributed by atoms with Crippen LogP contribution >= 0.6 is 0 Å². The van der Waals surface area contributed by atoms with Crippen LogP contribution in [0.25, 0.3) is 0 Å². The maximum atomic E-state index is 5.64. The summed E-state index contributed by atoms with van der Waals surface area (Å²) in [7, 11) is 3.34. The van der Waals surface area contributed by atoms with Crippen molar-refractivity contribution in [2.24, 2.45) is 17.4 Å². The summed E-state index contributed by atoms with van der Waals surface area (Å²) < 4.78 is 10.5. The maximum Gasteiger partial charge on any atom is 0.122 e. The van der Waals surface area contributed by atoms with Gasteiger partial charge in [-0.2, -0.15) is 0 Å². The Balaban J connectivity index is 2.73. The van der Waals surface area contributed by atoms with E-state index in [0.717, 1.165) is 29.9 Å². The summed E-state index contributed by atoms with van der Waals surface area (Å²) in [6.07, 6.45) is 1.87. The smallest absolute Gasteiger partial charge is 0.122 e. The van der Waals surface area contributed by atoms with Gasteiger partial charge in [-0.3, -0.25) is 0 Å². The Kier molecular flexibility index (Phi) is 5.80. The largest absolute Gasteiger partial charge is 0.497 e. The van der Waals surface area contributed by atoms with E-state index >= 15 is 0 Å². The molecule has 96 valence electrons. The van der Waals surface area contributed by atoms with Gasteiger partial charge in [0, 0.05) is 0 Å². The van der Waals surface area contributed by atoms with E-state index in [-0.39, 0.29) is 0 Å². The lowest BCUT2D eigenvalue weighted by Crippen LogP contribution is -2.23. The number of hydrogen-bond donors (Lipinski definition) is 2. The second kappa shape index (κ2) is 7.14. The summed E-state index contributed by atoms with van der Waals surface area (Å²) in [6.45, 7) is 1.26. The molecule has 0 spiro atoms. The van der Waals surface area contributed by atoms with Crippen LogP contribution in [0.5, 0.6) is 11.5 Å². The number of hydrogen-bond acceptors (Lipinski definition) is 4. The minimum absolute atomic E-state index is 0.367. The minimum Gasteiger partial charge on any atom is -0.497 e. The average molecular weight is 238 g/mol. The topological polar surface area (TPSA) is 70.5 Å². The van der Waals surface area contributed by atoms with Crippen molar-refractivity contribution in [3.8, 4) is 11.5 Å². The zero-order chi connectivity index (χ0) is 12.7. The number of ether oxygens (including phenoxy) is 2. The van der Waals surface area contributed by atoms with Crippen molar-refractivity contribution < 1.29 is 9.47 Å². The van der Waals surface area contributed by atoms with E-state index in [9.17, 15) is 0 Å². The Bertz CT molecular complexity index is 338. The molecule has 0 saturated heterocycles. The predicted molar refractivity (Wildman–Crippen MR) is 69.5 cm³/mol. The molecule has 4 nitrogen and oxygen atoms in total. The van der Waals surface area contributed by atoms with Gasteiger partial charge in [0.2, 0.25) is 0 Å². The third-order valence-corrected chi connectivity index (χ3v) is 2.98. The van der Waals surface area contributed by atoms with Crippen molar-refractivity contribution in [2.45, 2.75) is 12.8 Å². The summed E-state index contributed by atoms with van der Waals surface area (Å²) in [5.41, 5.74) is 12.4. The normalized spacial score (nSPS) is 10.6. The third kappa shape index (κ3) is 3.91. The fraction of sp³-hybridized carbons (Fsp3) is 0.538. The molecule has 0 fully saturated rings. The zero-order valence-electron chi connectivity index (χ0n) is 10.6. The summed E-state index contributed by atoms with van der Waals surface area (Å²) in [4.78, 5) is 0. The Hall–Kier alpha value is -1.26. The van der Waals surface area contributed by atoms with Crippen LogP contribution in [0.2, 0.25) is 0 Å². The van der Waals surface area contributed by atoms with Crippen LogP contribution in [-0.2, 0) is 6.42 Å². The second-order valence-corrected chi connectivity index (χ2v) is 4.05. The highest BCUT2D eigenvalue weighted by atomic mass is 16.5. The van der Waals surface area contributed by atoms with Crippen LogP contribution < -0.4 is 20.9 Å².